The van der Waals surface area contributed by atoms with Crippen LogP contribution in [-0.4, -0.2) is 16.1 Å². The molecule has 3 rings (SSSR count). The summed E-state index contributed by atoms with van der Waals surface area (Å²) in [5.74, 6) is -0.328. The Kier molecular flexibility index (Phi) is 5.99. The van der Waals surface area contributed by atoms with Crippen LogP contribution in [-0.2, 0) is 12.7 Å². The Labute approximate surface area is 161 Å². The van der Waals surface area contributed by atoms with Crippen LogP contribution in [0.2, 0.25) is 0 Å². The van der Waals surface area contributed by atoms with E-state index in [1.807, 2.05) is 4.90 Å². The van der Waals surface area contributed by atoms with Crippen LogP contribution in [0.25, 0.3) is 0 Å². The molecule has 0 aliphatic heterocycles. The normalized spacial score (nSPS) is 15.0. The molecular formula is C20H20F4N2S. The minimum absolute atomic E-state index is 0.0582. The summed E-state index contributed by atoms with van der Waals surface area (Å²) in [6.07, 6.45) is -0.471. The third-order valence-corrected chi connectivity index (χ3v) is 5.10. The van der Waals surface area contributed by atoms with Gasteiger partial charge in [-0.15, -0.1) is 0 Å². The van der Waals surface area contributed by atoms with E-state index < -0.39 is 11.7 Å². The zero-order valence-electron chi connectivity index (χ0n) is 14.6. The van der Waals surface area contributed by atoms with Crippen molar-refractivity contribution in [3.63, 3.8) is 0 Å². The standard InChI is InChI=1S/C20H20F4N2S/c21-15-11-9-14(10-12-15)13-26(16-5-1-2-6-16)19(27)25-18-8-4-3-7-17(18)20(22,23)24/h3-4,7-12,16H,1-2,5-6,13H2,(H,25,27). The van der Waals surface area contributed by atoms with E-state index in [0.717, 1.165) is 37.3 Å². The maximum atomic E-state index is 13.3. The van der Waals surface area contributed by atoms with Gasteiger partial charge in [-0.2, -0.15) is 13.2 Å². The molecule has 1 aliphatic rings. The Bertz CT molecular complexity index is 783. The number of nitrogens with zero attached hydrogens (tertiary/aromatic N) is 1. The molecule has 1 aliphatic carbocycles. The van der Waals surface area contributed by atoms with E-state index in [1.165, 1.54) is 24.3 Å². The van der Waals surface area contributed by atoms with Gasteiger partial charge in [0.1, 0.15) is 5.82 Å². The number of thiocarbonyl (C=S) groups is 1. The first kappa shape index (κ1) is 19.6. The van der Waals surface area contributed by atoms with E-state index >= 15 is 0 Å². The van der Waals surface area contributed by atoms with Gasteiger partial charge in [0.2, 0.25) is 0 Å². The van der Waals surface area contributed by atoms with Gasteiger partial charge in [0, 0.05) is 12.6 Å². The van der Waals surface area contributed by atoms with Gasteiger partial charge < -0.3 is 10.2 Å². The highest BCUT2D eigenvalue weighted by Crippen LogP contribution is 2.35. The smallest absolute Gasteiger partial charge is 0.342 e. The molecule has 27 heavy (non-hydrogen) atoms. The number of hydrogen-bond acceptors (Lipinski definition) is 1. The fourth-order valence-electron chi connectivity index (χ4n) is 3.40. The molecule has 7 heteroatoms. The number of rotatable bonds is 4. The molecule has 0 spiro atoms. The number of nitrogens with one attached hydrogen (secondary N) is 1. The van der Waals surface area contributed by atoms with Crippen molar-refractivity contribution in [3.05, 3.63) is 65.5 Å². The van der Waals surface area contributed by atoms with Gasteiger partial charge in [0.05, 0.1) is 11.3 Å². The molecule has 0 amide bonds. The van der Waals surface area contributed by atoms with E-state index in [4.69, 9.17) is 12.2 Å². The van der Waals surface area contributed by atoms with Crippen molar-refractivity contribution in [2.24, 2.45) is 0 Å². The van der Waals surface area contributed by atoms with Gasteiger partial charge in [-0.25, -0.2) is 4.39 Å². The molecule has 144 valence electrons. The Hall–Kier alpha value is -2.15. The third kappa shape index (κ3) is 4.97. The number of halogens is 4. The second-order valence-corrected chi connectivity index (χ2v) is 7.05. The third-order valence-electron chi connectivity index (χ3n) is 4.77. The zero-order chi connectivity index (χ0) is 19.4. The predicted molar refractivity (Wildman–Crippen MR) is 102 cm³/mol. The van der Waals surface area contributed by atoms with Gasteiger partial charge >= 0.3 is 6.18 Å². The number of benzene rings is 2. The molecule has 2 aromatic rings. The first-order chi connectivity index (χ1) is 12.8. The summed E-state index contributed by atoms with van der Waals surface area (Å²) in [5.41, 5.74) is 0.0502. The lowest BCUT2D eigenvalue weighted by Crippen LogP contribution is -2.41. The zero-order valence-corrected chi connectivity index (χ0v) is 15.4. The Balaban J connectivity index is 1.82. The molecule has 0 radical (unpaired) electrons. The van der Waals surface area contributed by atoms with E-state index in [1.54, 1.807) is 18.2 Å². The van der Waals surface area contributed by atoms with Crippen molar-refractivity contribution in [3.8, 4) is 0 Å². The van der Waals surface area contributed by atoms with Crippen molar-refractivity contribution in [2.45, 2.75) is 44.4 Å². The van der Waals surface area contributed by atoms with Gasteiger partial charge in [-0.05, 0) is 54.9 Å². The maximum Gasteiger partial charge on any atom is 0.418 e. The molecule has 1 fully saturated rings. The van der Waals surface area contributed by atoms with Crippen LogP contribution in [0.1, 0.15) is 36.8 Å². The second kappa shape index (κ2) is 8.25. The molecule has 2 aromatic carbocycles. The summed E-state index contributed by atoms with van der Waals surface area (Å²) >= 11 is 5.47. The summed E-state index contributed by atoms with van der Waals surface area (Å²) in [5, 5.41) is 3.04. The minimum Gasteiger partial charge on any atom is -0.342 e. The topological polar surface area (TPSA) is 15.3 Å². The quantitative estimate of drug-likeness (QED) is 0.505. The van der Waals surface area contributed by atoms with Crippen LogP contribution in [0.5, 0.6) is 0 Å². The second-order valence-electron chi connectivity index (χ2n) is 6.67. The molecule has 0 aromatic heterocycles. The fourth-order valence-corrected chi connectivity index (χ4v) is 3.72. The van der Waals surface area contributed by atoms with Crippen molar-refractivity contribution >= 4 is 23.0 Å². The van der Waals surface area contributed by atoms with Gasteiger partial charge in [0.25, 0.3) is 0 Å². The molecule has 0 saturated heterocycles. The van der Waals surface area contributed by atoms with Gasteiger partial charge in [-0.1, -0.05) is 37.1 Å². The summed E-state index contributed by atoms with van der Waals surface area (Å²) in [6.45, 7) is 0.422. The lowest BCUT2D eigenvalue weighted by molar-refractivity contribution is -0.136. The van der Waals surface area contributed by atoms with E-state index in [2.05, 4.69) is 5.32 Å². The van der Waals surface area contributed by atoms with Gasteiger partial charge in [0.15, 0.2) is 5.11 Å². The predicted octanol–water partition coefficient (Wildman–Crippen LogP) is 5.99. The van der Waals surface area contributed by atoms with E-state index in [0.29, 0.717) is 6.54 Å². The largest absolute Gasteiger partial charge is 0.418 e. The van der Waals surface area contributed by atoms with Crippen LogP contribution in [0.3, 0.4) is 0 Å². The monoisotopic (exact) mass is 396 g/mol. The lowest BCUT2D eigenvalue weighted by Gasteiger charge is -2.32. The molecule has 0 heterocycles. The highest BCUT2D eigenvalue weighted by Gasteiger charge is 2.34. The Morgan fingerprint density at radius 2 is 1.67 bits per heavy atom. The lowest BCUT2D eigenvalue weighted by atomic mass is 10.1. The first-order valence-electron chi connectivity index (χ1n) is 8.83. The first-order valence-corrected chi connectivity index (χ1v) is 9.24. The number of para-hydroxylation sites is 1. The van der Waals surface area contributed by atoms with Crippen molar-refractivity contribution < 1.29 is 17.6 Å². The van der Waals surface area contributed by atoms with Crippen molar-refractivity contribution in [2.75, 3.05) is 5.32 Å². The number of alkyl halides is 3. The van der Waals surface area contributed by atoms with Crippen molar-refractivity contribution in [1.82, 2.24) is 4.90 Å². The maximum absolute atomic E-state index is 13.3. The van der Waals surface area contributed by atoms with Crippen LogP contribution in [0, 0.1) is 5.82 Å². The molecular weight excluding hydrogens is 376 g/mol. The van der Waals surface area contributed by atoms with E-state index in [-0.39, 0.29) is 22.7 Å². The van der Waals surface area contributed by atoms with Gasteiger partial charge in [-0.3, -0.25) is 0 Å². The average molecular weight is 396 g/mol. The molecule has 0 unspecified atom stereocenters. The van der Waals surface area contributed by atoms with Crippen LogP contribution in [0.15, 0.2) is 48.5 Å². The molecule has 0 atom stereocenters. The fraction of sp³-hybridized carbons (Fsp3) is 0.350. The highest BCUT2D eigenvalue weighted by atomic mass is 32.1. The minimum atomic E-state index is -4.46. The molecule has 1 N–H and O–H groups in total. The SMILES string of the molecule is Fc1ccc(CN(C(=S)Nc2ccccc2C(F)(F)F)C2CCCC2)cc1. The summed E-state index contributed by atoms with van der Waals surface area (Å²) in [4.78, 5) is 1.92. The summed E-state index contributed by atoms with van der Waals surface area (Å²) in [6, 6.07) is 11.5. The average Bonchev–Trinajstić information content (AvgIpc) is 3.15. The Morgan fingerprint density at radius 3 is 2.30 bits per heavy atom. The molecule has 0 bridgehead atoms. The number of anilines is 1. The van der Waals surface area contributed by atoms with Crippen LogP contribution < -0.4 is 5.32 Å². The number of hydrogen-bond donors (Lipinski definition) is 1. The van der Waals surface area contributed by atoms with Crippen molar-refractivity contribution in [1.29, 1.82) is 0 Å². The van der Waals surface area contributed by atoms with Crippen LogP contribution >= 0.6 is 12.2 Å². The molecule has 1 saturated carbocycles. The Morgan fingerprint density at radius 1 is 1.04 bits per heavy atom. The summed E-state index contributed by atoms with van der Waals surface area (Å²) in [7, 11) is 0. The van der Waals surface area contributed by atoms with E-state index in [9.17, 15) is 17.6 Å². The molecule has 2 nitrogen and oxygen atoms in total. The van der Waals surface area contributed by atoms with Crippen LogP contribution in [0.4, 0.5) is 23.2 Å². The highest BCUT2D eigenvalue weighted by molar-refractivity contribution is 7.80. The summed E-state index contributed by atoms with van der Waals surface area (Å²) < 4.78 is 52.9.